The van der Waals surface area contributed by atoms with E-state index in [9.17, 15) is 9.59 Å². The molecular formula is C17H26N2O4. The number of amides is 1. The number of hydrogen-bond acceptors (Lipinski definition) is 5. The average Bonchev–Trinajstić information content (AvgIpc) is 2.96. The van der Waals surface area contributed by atoms with Gasteiger partial charge in [-0.15, -0.1) is 0 Å². The zero-order valence-corrected chi connectivity index (χ0v) is 13.7. The monoisotopic (exact) mass is 322 g/mol. The molecular weight excluding hydrogens is 296 g/mol. The lowest BCUT2D eigenvalue weighted by atomic mass is 9.48. The summed E-state index contributed by atoms with van der Waals surface area (Å²) in [5, 5.41) is 0. The Balaban J connectivity index is 1.46. The standard InChI is InChI=1S/C17H26N2O4/c1-22-15(20)17-6-10-4-11(7-17)14(12(5-10)8-17)23-16(21)19-3-2-13(18)9-19/h10-14H,2-9,18H2,1H3. The average molecular weight is 322 g/mol. The minimum Gasteiger partial charge on any atom is -0.469 e. The van der Waals surface area contributed by atoms with Gasteiger partial charge in [0.25, 0.3) is 0 Å². The van der Waals surface area contributed by atoms with Crippen LogP contribution in [0.4, 0.5) is 4.79 Å². The van der Waals surface area contributed by atoms with E-state index >= 15 is 0 Å². The molecule has 1 heterocycles. The predicted octanol–water partition coefficient (Wildman–Crippen LogP) is 1.52. The quantitative estimate of drug-likeness (QED) is 0.780. The van der Waals surface area contributed by atoms with Crippen LogP contribution in [-0.4, -0.2) is 49.3 Å². The van der Waals surface area contributed by atoms with Gasteiger partial charge in [0.2, 0.25) is 0 Å². The van der Waals surface area contributed by atoms with E-state index < -0.39 is 0 Å². The van der Waals surface area contributed by atoms with Crippen molar-refractivity contribution < 1.29 is 19.1 Å². The number of hydrogen-bond donors (Lipinski definition) is 1. The fraction of sp³-hybridized carbons (Fsp3) is 0.882. The summed E-state index contributed by atoms with van der Waals surface area (Å²) in [5.41, 5.74) is 5.56. The van der Waals surface area contributed by atoms with Crippen molar-refractivity contribution >= 4 is 12.1 Å². The third kappa shape index (κ3) is 2.42. The molecule has 0 radical (unpaired) electrons. The molecule has 5 aliphatic rings. The van der Waals surface area contributed by atoms with Crippen molar-refractivity contribution in [2.75, 3.05) is 20.2 Å². The molecule has 3 atom stereocenters. The lowest BCUT2D eigenvalue weighted by Gasteiger charge is -2.57. The van der Waals surface area contributed by atoms with Crippen molar-refractivity contribution in [3.05, 3.63) is 0 Å². The van der Waals surface area contributed by atoms with Gasteiger partial charge in [-0.2, -0.15) is 0 Å². The Kier molecular flexibility index (Phi) is 3.55. The van der Waals surface area contributed by atoms with Gasteiger partial charge in [0, 0.05) is 19.1 Å². The second-order valence-electron chi connectivity index (χ2n) is 8.09. The summed E-state index contributed by atoms with van der Waals surface area (Å²) < 4.78 is 11.0. The minimum absolute atomic E-state index is 0.0337. The number of carbonyl (C=O) groups is 2. The summed E-state index contributed by atoms with van der Waals surface area (Å²) in [5.74, 6) is 1.13. The van der Waals surface area contributed by atoms with Crippen molar-refractivity contribution in [3.63, 3.8) is 0 Å². The number of carbonyl (C=O) groups excluding carboxylic acids is 2. The number of nitrogens with zero attached hydrogens (tertiary/aromatic N) is 1. The highest BCUT2D eigenvalue weighted by atomic mass is 16.6. The Morgan fingerprint density at radius 2 is 1.87 bits per heavy atom. The topological polar surface area (TPSA) is 81.9 Å². The highest BCUT2D eigenvalue weighted by Crippen LogP contribution is 2.61. The highest BCUT2D eigenvalue weighted by molar-refractivity contribution is 5.77. The van der Waals surface area contributed by atoms with Crippen LogP contribution in [0.2, 0.25) is 0 Å². The zero-order valence-electron chi connectivity index (χ0n) is 13.7. The van der Waals surface area contributed by atoms with E-state index in [0.717, 1.165) is 38.5 Å². The Morgan fingerprint density at radius 3 is 2.43 bits per heavy atom. The normalized spacial score (nSPS) is 44.4. The van der Waals surface area contributed by atoms with Crippen LogP contribution in [0.5, 0.6) is 0 Å². The second-order valence-corrected chi connectivity index (χ2v) is 8.09. The van der Waals surface area contributed by atoms with Gasteiger partial charge in [-0.05, 0) is 56.3 Å². The van der Waals surface area contributed by atoms with Crippen molar-refractivity contribution in [3.8, 4) is 0 Å². The van der Waals surface area contributed by atoms with Crippen LogP contribution in [0.25, 0.3) is 0 Å². The van der Waals surface area contributed by atoms with Gasteiger partial charge >= 0.3 is 12.1 Å². The lowest BCUT2D eigenvalue weighted by Crippen LogP contribution is -2.58. The van der Waals surface area contributed by atoms with Gasteiger partial charge in [0.05, 0.1) is 12.5 Å². The third-order valence-electron chi connectivity index (χ3n) is 6.52. The molecule has 1 aliphatic heterocycles. The Bertz CT molecular complexity index is 507. The van der Waals surface area contributed by atoms with Crippen molar-refractivity contribution in [2.45, 2.75) is 50.7 Å². The molecule has 5 fully saturated rings. The highest BCUT2D eigenvalue weighted by Gasteiger charge is 2.60. The molecule has 1 saturated heterocycles. The van der Waals surface area contributed by atoms with Crippen LogP contribution in [0.3, 0.4) is 0 Å². The molecule has 5 rings (SSSR count). The van der Waals surface area contributed by atoms with Gasteiger partial charge in [-0.3, -0.25) is 4.79 Å². The molecule has 0 aromatic rings. The molecule has 4 aliphatic carbocycles. The summed E-state index contributed by atoms with van der Waals surface area (Å²) >= 11 is 0. The maximum atomic E-state index is 12.4. The van der Waals surface area contributed by atoms with E-state index in [2.05, 4.69) is 0 Å². The summed E-state index contributed by atoms with van der Waals surface area (Å²) in [6.45, 7) is 1.28. The van der Waals surface area contributed by atoms with Gasteiger partial charge in [0.15, 0.2) is 0 Å². The van der Waals surface area contributed by atoms with Crippen LogP contribution in [0.1, 0.15) is 38.5 Å². The second kappa shape index (κ2) is 5.36. The van der Waals surface area contributed by atoms with E-state index in [1.807, 2.05) is 0 Å². The third-order valence-corrected chi connectivity index (χ3v) is 6.52. The van der Waals surface area contributed by atoms with E-state index in [1.54, 1.807) is 4.90 Å². The summed E-state index contributed by atoms with van der Waals surface area (Å²) in [6, 6.07) is 0.0728. The van der Waals surface area contributed by atoms with Gasteiger partial charge < -0.3 is 20.1 Å². The maximum Gasteiger partial charge on any atom is 0.410 e. The van der Waals surface area contributed by atoms with E-state index in [-0.39, 0.29) is 29.6 Å². The molecule has 6 heteroatoms. The largest absolute Gasteiger partial charge is 0.469 e. The molecule has 0 aromatic heterocycles. The van der Waals surface area contributed by atoms with Crippen LogP contribution in [0, 0.1) is 23.2 Å². The molecule has 2 N–H and O–H groups in total. The Morgan fingerprint density at radius 1 is 1.17 bits per heavy atom. The number of likely N-dealkylation sites (tertiary alicyclic amines) is 1. The first-order chi connectivity index (χ1) is 11.0. The van der Waals surface area contributed by atoms with Gasteiger partial charge in [-0.1, -0.05) is 0 Å². The molecule has 4 bridgehead atoms. The maximum absolute atomic E-state index is 12.4. The minimum atomic E-state index is -0.315. The number of rotatable bonds is 2. The van der Waals surface area contributed by atoms with Gasteiger partial charge in [-0.25, -0.2) is 4.79 Å². The molecule has 3 unspecified atom stereocenters. The molecule has 128 valence electrons. The van der Waals surface area contributed by atoms with Crippen molar-refractivity contribution in [2.24, 2.45) is 28.9 Å². The first-order valence-corrected chi connectivity index (χ1v) is 8.80. The fourth-order valence-electron chi connectivity index (χ4n) is 5.78. The molecule has 0 aromatic carbocycles. The van der Waals surface area contributed by atoms with Crippen molar-refractivity contribution in [1.29, 1.82) is 0 Å². The van der Waals surface area contributed by atoms with E-state index in [0.29, 0.717) is 30.8 Å². The first kappa shape index (κ1) is 15.2. The fourth-order valence-corrected chi connectivity index (χ4v) is 5.78. The van der Waals surface area contributed by atoms with Crippen LogP contribution in [0.15, 0.2) is 0 Å². The van der Waals surface area contributed by atoms with Crippen LogP contribution < -0.4 is 5.73 Å². The Hall–Kier alpha value is -1.30. The Labute approximate surface area is 136 Å². The predicted molar refractivity (Wildman–Crippen MR) is 82.4 cm³/mol. The number of nitrogens with two attached hydrogens (primary N) is 1. The first-order valence-electron chi connectivity index (χ1n) is 8.80. The molecule has 0 spiro atoms. The van der Waals surface area contributed by atoms with E-state index in [1.165, 1.54) is 7.11 Å². The van der Waals surface area contributed by atoms with Crippen molar-refractivity contribution in [1.82, 2.24) is 4.90 Å². The molecule has 4 saturated carbocycles. The number of esters is 1. The zero-order chi connectivity index (χ0) is 16.2. The van der Waals surface area contributed by atoms with Crippen LogP contribution in [-0.2, 0) is 14.3 Å². The SMILES string of the molecule is COC(=O)C12CC3CC(C1)C(OC(=O)N1CCC(N)C1)C(C3)C2. The summed E-state index contributed by atoms with van der Waals surface area (Å²) in [7, 11) is 1.48. The summed E-state index contributed by atoms with van der Waals surface area (Å²) in [4.78, 5) is 26.4. The summed E-state index contributed by atoms with van der Waals surface area (Å²) in [6.07, 6.45) is 5.32. The lowest BCUT2D eigenvalue weighted by molar-refractivity contribution is -0.182. The van der Waals surface area contributed by atoms with Crippen LogP contribution >= 0.6 is 0 Å². The number of methoxy groups -OCH3 is 1. The molecule has 1 amide bonds. The smallest absolute Gasteiger partial charge is 0.410 e. The van der Waals surface area contributed by atoms with Gasteiger partial charge in [0.1, 0.15) is 6.10 Å². The molecule has 23 heavy (non-hydrogen) atoms. The molecule has 6 nitrogen and oxygen atoms in total. The van der Waals surface area contributed by atoms with E-state index in [4.69, 9.17) is 15.2 Å². The number of ether oxygens (including phenoxy) is 2.